The number of likely N-dealkylation sites (N-methyl/N-ethyl adjacent to an activating group) is 1. The van der Waals surface area contributed by atoms with Crippen LogP contribution in [0.15, 0.2) is 27.7 Å². The second-order valence-corrected chi connectivity index (χ2v) is 7.19. The van der Waals surface area contributed by atoms with Gasteiger partial charge in [0, 0.05) is 50.1 Å². The SMILES string of the molecule is CCNC(=NCC(=O)Nc1cc(Br)ccc1C)NCCN(C)CCCOC. The lowest BCUT2D eigenvalue weighted by Crippen LogP contribution is -2.41. The molecule has 0 unspecified atom stereocenters. The van der Waals surface area contributed by atoms with Gasteiger partial charge in [-0.3, -0.25) is 4.79 Å². The standard InChI is InChI=1S/C19H32BrN5O2/c1-5-21-19(22-9-11-25(3)10-6-12-27-4)23-14-18(26)24-17-13-16(20)8-7-15(17)2/h7-8,13H,5-6,9-12,14H2,1-4H3,(H,24,26)(H2,21,22,23). The van der Waals surface area contributed by atoms with E-state index in [9.17, 15) is 4.79 Å². The fourth-order valence-corrected chi connectivity index (χ4v) is 2.73. The maximum atomic E-state index is 12.2. The summed E-state index contributed by atoms with van der Waals surface area (Å²) >= 11 is 3.42. The number of aryl methyl sites for hydroxylation is 1. The minimum atomic E-state index is -0.148. The van der Waals surface area contributed by atoms with Crippen molar-refractivity contribution in [2.24, 2.45) is 4.99 Å². The fraction of sp³-hybridized carbons (Fsp3) is 0.579. The van der Waals surface area contributed by atoms with Crippen LogP contribution >= 0.6 is 15.9 Å². The third kappa shape index (κ3) is 10.3. The van der Waals surface area contributed by atoms with Crippen molar-refractivity contribution in [3.63, 3.8) is 0 Å². The molecule has 0 atom stereocenters. The monoisotopic (exact) mass is 441 g/mol. The van der Waals surface area contributed by atoms with Crippen molar-refractivity contribution >= 4 is 33.5 Å². The van der Waals surface area contributed by atoms with Crippen LogP contribution in [0, 0.1) is 6.92 Å². The Bertz CT molecular complexity index is 610. The van der Waals surface area contributed by atoms with Gasteiger partial charge in [-0.25, -0.2) is 4.99 Å². The van der Waals surface area contributed by atoms with Crippen molar-refractivity contribution in [2.45, 2.75) is 20.3 Å². The summed E-state index contributed by atoms with van der Waals surface area (Å²) in [5.41, 5.74) is 1.80. The van der Waals surface area contributed by atoms with Crippen molar-refractivity contribution in [1.29, 1.82) is 0 Å². The van der Waals surface area contributed by atoms with Gasteiger partial charge in [0.15, 0.2) is 5.96 Å². The predicted octanol–water partition coefficient (Wildman–Crippen LogP) is 2.22. The Labute approximate surface area is 171 Å². The van der Waals surface area contributed by atoms with E-state index in [4.69, 9.17) is 4.74 Å². The average Bonchev–Trinajstić information content (AvgIpc) is 2.63. The zero-order valence-corrected chi connectivity index (χ0v) is 18.4. The number of benzene rings is 1. The van der Waals surface area contributed by atoms with Gasteiger partial charge in [-0.2, -0.15) is 0 Å². The molecule has 7 nitrogen and oxygen atoms in total. The number of carbonyl (C=O) groups is 1. The minimum absolute atomic E-state index is 0.0605. The van der Waals surface area contributed by atoms with E-state index in [0.29, 0.717) is 5.96 Å². The average molecular weight is 442 g/mol. The van der Waals surface area contributed by atoms with Crippen LogP contribution in [0.5, 0.6) is 0 Å². The molecular formula is C19H32BrN5O2. The predicted molar refractivity (Wildman–Crippen MR) is 115 cm³/mol. The number of nitrogens with zero attached hydrogens (tertiary/aromatic N) is 2. The molecule has 0 aliphatic rings. The number of rotatable bonds is 11. The minimum Gasteiger partial charge on any atom is -0.385 e. The first kappa shape index (κ1) is 23.4. The van der Waals surface area contributed by atoms with Gasteiger partial charge >= 0.3 is 0 Å². The Kier molecular flexibility index (Phi) is 11.7. The maximum absolute atomic E-state index is 12.2. The van der Waals surface area contributed by atoms with E-state index < -0.39 is 0 Å². The molecule has 0 saturated carbocycles. The van der Waals surface area contributed by atoms with E-state index in [1.165, 1.54) is 0 Å². The van der Waals surface area contributed by atoms with Gasteiger partial charge < -0.3 is 25.6 Å². The highest BCUT2D eigenvalue weighted by molar-refractivity contribution is 9.10. The van der Waals surface area contributed by atoms with E-state index in [1.807, 2.05) is 32.0 Å². The van der Waals surface area contributed by atoms with Gasteiger partial charge in [0.25, 0.3) is 0 Å². The van der Waals surface area contributed by atoms with Gasteiger partial charge in [0.2, 0.25) is 5.91 Å². The number of ether oxygens (including phenoxy) is 1. The van der Waals surface area contributed by atoms with Crippen LogP contribution in [0.2, 0.25) is 0 Å². The van der Waals surface area contributed by atoms with Gasteiger partial charge in [0.1, 0.15) is 6.54 Å². The number of anilines is 1. The van der Waals surface area contributed by atoms with Crippen molar-refractivity contribution in [2.75, 3.05) is 58.8 Å². The van der Waals surface area contributed by atoms with E-state index in [2.05, 4.69) is 48.8 Å². The molecule has 1 aromatic rings. The molecule has 8 heteroatoms. The van der Waals surface area contributed by atoms with E-state index in [0.717, 1.165) is 54.9 Å². The summed E-state index contributed by atoms with van der Waals surface area (Å²) in [5.74, 6) is 0.494. The Morgan fingerprint density at radius 1 is 1.30 bits per heavy atom. The molecule has 3 N–H and O–H groups in total. The Morgan fingerprint density at radius 2 is 2.07 bits per heavy atom. The molecule has 1 rings (SSSR count). The second kappa shape index (κ2) is 13.5. The molecule has 0 heterocycles. The van der Waals surface area contributed by atoms with Crippen molar-refractivity contribution in [3.05, 3.63) is 28.2 Å². The van der Waals surface area contributed by atoms with Gasteiger partial charge in [-0.1, -0.05) is 22.0 Å². The fourth-order valence-electron chi connectivity index (χ4n) is 2.37. The van der Waals surface area contributed by atoms with Crippen LogP contribution in [0.3, 0.4) is 0 Å². The number of nitrogens with one attached hydrogen (secondary N) is 3. The van der Waals surface area contributed by atoms with Gasteiger partial charge in [-0.15, -0.1) is 0 Å². The quantitative estimate of drug-likeness (QED) is 0.278. The van der Waals surface area contributed by atoms with E-state index >= 15 is 0 Å². The number of halogens is 1. The third-order valence-electron chi connectivity index (χ3n) is 3.87. The number of hydrogen-bond acceptors (Lipinski definition) is 4. The number of methoxy groups -OCH3 is 1. The van der Waals surface area contributed by atoms with Crippen molar-refractivity contribution in [1.82, 2.24) is 15.5 Å². The van der Waals surface area contributed by atoms with E-state index in [1.54, 1.807) is 7.11 Å². The molecule has 1 amide bonds. The first-order valence-corrected chi connectivity index (χ1v) is 10.0. The molecule has 0 aliphatic carbocycles. The Hall–Kier alpha value is -1.64. The molecular weight excluding hydrogens is 410 g/mol. The largest absolute Gasteiger partial charge is 0.385 e. The lowest BCUT2D eigenvalue weighted by molar-refractivity contribution is -0.114. The molecule has 0 aromatic heterocycles. The van der Waals surface area contributed by atoms with Gasteiger partial charge in [0.05, 0.1) is 0 Å². The second-order valence-electron chi connectivity index (χ2n) is 6.28. The number of guanidine groups is 1. The maximum Gasteiger partial charge on any atom is 0.246 e. The zero-order chi connectivity index (χ0) is 20.1. The highest BCUT2D eigenvalue weighted by Gasteiger charge is 2.06. The molecule has 0 radical (unpaired) electrons. The summed E-state index contributed by atoms with van der Waals surface area (Å²) in [7, 11) is 3.80. The summed E-state index contributed by atoms with van der Waals surface area (Å²) in [5, 5.41) is 9.32. The van der Waals surface area contributed by atoms with Crippen LogP contribution in [0.1, 0.15) is 18.9 Å². The third-order valence-corrected chi connectivity index (χ3v) is 4.37. The van der Waals surface area contributed by atoms with Crippen LogP contribution in [-0.2, 0) is 9.53 Å². The van der Waals surface area contributed by atoms with Crippen LogP contribution in [0.4, 0.5) is 5.69 Å². The molecule has 152 valence electrons. The molecule has 0 spiro atoms. The lowest BCUT2D eigenvalue weighted by Gasteiger charge is -2.18. The van der Waals surface area contributed by atoms with Crippen molar-refractivity contribution < 1.29 is 9.53 Å². The number of hydrogen-bond donors (Lipinski definition) is 3. The Morgan fingerprint density at radius 3 is 2.78 bits per heavy atom. The molecule has 0 saturated heterocycles. The lowest BCUT2D eigenvalue weighted by atomic mass is 10.2. The van der Waals surface area contributed by atoms with Gasteiger partial charge in [-0.05, 0) is 45.0 Å². The topological polar surface area (TPSA) is 78.0 Å². The molecule has 0 aliphatic heterocycles. The first-order valence-electron chi connectivity index (χ1n) is 9.22. The van der Waals surface area contributed by atoms with Crippen LogP contribution in [-0.4, -0.2) is 70.3 Å². The first-order chi connectivity index (χ1) is 13.0. The normalized spacial score (nSPS) is 11.6. The molecule has 0 fully saturated rings. The summed E-state index contributed by atoms with van der Waals surface area (Å²) < 4.78 is 5.99. The summed E-state index contributed by atoms with van der Waals surface area (Å²) in [6.07, 6.45) is 1.01. The molecule has 1 aromatic carbocycles. The number of amides is 1. The Balaban J connectivity index is 2.45. The molecule has 0 bridgehead atoms. The van der Waals surface area contributed by atoms with Crippen LogP contribution in [0.25, 0.3) is 0 Å². The summed E-state index contributed by atoms with van der Waals surface area (Å²) in [6, 6.07) is 5.79. The van der Waals surface area contributed by atoms with Crippen LogP contribution < -0.4 is 16.0 Å². The number of carbonyl (C=O) groups excluding carboxylic acids is 1. The van der Waals surface area contributed by atoms with Crippen molar-refractivity contribution in [3.8, 4) is 0 Å². The summed E-state index contributed by atoms with van der Waals surface area (Å²) in [4.78, 5) is 18.8. The number of aliphatic imine (C=N–C) groups is 1. The molecule has 27 heavy (non-hydrogen) atoms. The highest BCUT2D eigenvalue weighted by atomic mass is 79.9. The van der Waals surface area contributed by atoms with E-state index in [-0.39, 0.29) is 12.5 Å². The zero-order valence-electron chi connectivity index (χ0n) is 16.8. The highest BCUT2D eigenvalue weighted by Crippen LogP contribution is 2.20. The smallest absolute Gasteiger partial charge is 0.246 e. The summed E-state index contributed by atoms with van der Waals surface area (Å²) in [6.45, 7) is 8.15.